The topological polar surface area (TPSA) is 46.9 Å². The van der Waals surface area contributed by atoms with Gasteiger partial charge >= 0.3 is 0 Å². The Morgan fingerprint density at radius 3 is 2.71 bits per heavy atom. The minimum Gasteiger partial charge on any atom is -0.347 e. The second-order valence-electron chi connectivity index (χ2n) is 5.97. The molecule has 1 N–H and O–H groups in total. The lowest BCUT2D eigenvalue weighted by Gasteiger charge is -2.14. The van der Waals surface area contributed by atoms with Crippen molar-refractivity contribution in [1.82, 2.24) is 14.9 Å². The number of para-hydroxylation sites is 1. The van der Waals surface area contributed by atoms with Gasteiger partial charge in [-0.1, -0.05) is 18.2 Å². The standard InChI is InChI=1S/C18H20BrN3OS/c1-10-18(24-13(4)20-10)11(2)21-16(23)9-22-12(3)17(19)14-7-5-6-8-15(14)22/h5-8,11H,9H2,1-4H3,(H,21,23)/t11-/m1/s1. The molecule has 3 aromatic rings. The molecule has 2 heterocycles. The number of benzene rings is 1. The van der Waals surface area contributed by atoms with Crippen molar-refractivity contribution in [3.63, 3.8) is 0 Å². The molecule has 4 nitrogen and oxygen atoms in total. The fourth-order valence-electron chi connectivity index (χ4n) is 3.04. The van der Waals surface area contributed by atoms with Crippen LogP contribution in [0.15, 0.2) is 28.7 Å². The quantitative estimate of drug-likeness (QED) is 0.685. The molecular formula is C18H20BrN3OS. The number of nitrogens with one attached hydrogen (secondary N) is 1. The molecule has 0 aliphatic heterocycles. The molecule has 6 heteroatoms. The Kier molecular flexibility index (Phi) is 4.78. The number of aromatic nitrogens is 2. The van der Waals surface area contributed by atoms with Gasteiger partial charge in [-0.15, -0.1) is 11.3 Å². The van der Waals surface area contributed by atoms with Crippen LogP contribution in [0.4, 0.5) is 0 Å². The highest BCUT2D eigenvalue weighted by Crippen LogP contribution is 2.30. The van der Waals surface area contributed by atoms with Gasteiger partial charge in [-0.25, -0.2) is 4.98 Å². The van der Waals surface area contributed by atoms with Crippen LogP contribution in [0.5, 0.6) is 0 Å². The van der Waals surface area contributed by atoms with Crippen molar-refractivity contribution in [2.24, 2.45) is 0 Å². The van der Waals surface area contributed by atoms with Gasteiger partial charge in [0.25, 0.3) is 0 Å². The second kappa shape index (κ2) is 6.69. The number of halogens is 1. The zero-order valence-corrected chi connectivity index (χ0v) is 16.6. The molecule has 0 unspecified atom stereocenters. The number of thiazole rings is 1. The van der Waals surface area contributed by atoms with Gasteiger partial charge in [0, 0.05) is 25.9 Å². The number of hydrogen-bond acceptors (Lipinski definition) is 3. The minimum atomic E-state index is -0.0331. The summed E-state index contributed by atoms with van der Waals surface area (Å²) in [7, 11) is 0. The van der Waals surface area contributed by atoms with E-state index in [-0.39, 0.29) is 11.9 Å². The van der Waals surface area contributed by atoms with Gasteiger partial charge in [0.1, 0.15) is 6.54 Å². The number of hydrogen-bond donors (Lipinski definition) is 1. The fourth-order valence-corrected chi connectivity index (χ4v) is 4.52. The highest BCUT2D eigenvalue weighted by Gasteiger charge is 2.18. The molecule has 0 radical (unpaired) electrons. The predicted molar refractivity (Wildman–Crippen MR) is 103 cm³/mol. The van der Waals surface area contributed by atoms with Gasteiger partial charge in [-0.3, -0.25) is 4.79 Å². The summed E-state index contributed by atoms with van der Waals surface area (Å²) in [4.78, 5) is 18.1. The zero-order chi connectivity index (χ0) is 17.4. The molecule has 126 valence electrons. The van der Waals surface area contributed by atoms with Gasteiger partial charge in [0.05, 0.1) is 16.7 Å². The van der Waals surface area contributed by atoms with E-state index in [0.29, 0.717) is 6.54 Å². The lowest BCUT2D eigenvalue weighted by Crippen LogP contribution is -2.30. The Bertz CT molecular complexity index is 913. The van der Waals surface area contributed by atoms with E-state index in [9.17, 15) is 4.79 Å². The Hall–Kier alpha value is -1.66. The van der Waals surface area contributed by atoms with Crippen molar-refractivity contribution in [2.45, 2.75) is 40.3 Å². The van der Waals surface area contributed by atoms with Gasteiger partial charge in [0.2, 0.25) is 5.91 Å². The van der Waals surface area contributed by atoms with Crippen LogP contribution in [-0.2, 0) is 11.3 Å². The van der Waals surface area contributed by atoms with Crippen molar-refractivity contribution in [2.75, 3.05) is 0 Å². The van der Waals surface area contributed by atoms with E-state index in [1.165, 1.54) is 0 Å². The van der Waals surface area contributed by atoms with E-state index in [4.69, 9.17) is 0 Å². The van der Waals surface area contributed by atoms with E-state index >= 15 is 0 Å². The number of aryl methyl sites for hydroxylation is 2. The van der Waals surface area contributed by atoms with Crippen LogP contribution in [0.2, 0.25) is 0 Å². The molecule has 1 amide bonds. The largest absolute Gasteiger partial charge is 0.347 e. The monoisotopic (exact) mass is 405 g/mol. The van der Waals surface area contributed by atoms with Crippen LogP contribution >= 0.6 is 27.3 Å². The van der Waals surface area contributed by atoms with E-state index in [2.05, 4.69) is 32.3 Å². The molecule has 0 saturated heterocycles. The van der Waals surface area contributed by atoms with E-state index in [1.807, 2.05) is 50.5 Å². The van der Waals surface area contributed by atoms with Gasteiger partial charge in [-0.2, -0.15) is 0 Å². The third kappa shape index (κ3) is 3.13. The first-order valence-electron chi connectivity index (χ1n) is 7.85. The number of nitrogens with zero attached hydrogens (tertiary/aromatic N) is 2. The van der Waals surface area contributed by atoms with Crippen LogP contribution in [0.1, 0.15) is 34.2 Å². The summed E-state index contributed by atoms with van der Waals surface area (Å²) in [5.74, 6) is 0.00399. The van der Waals surface area contributed by atoms with Crippen molar-refractivity contribution in [3.8, 4) is 0 Å². The van der Waals surface area contributed by atoms with E-state index < -0.39 is 0 Å². The van der Waals surface area contributed by atoms with Crippen LogP contribution < -0.4 is 5.32 Å². The predicted octanol–water partition coefficient (Wildman–Crippen LogP) is 4.66. The maximum absolute atomic E-state index is 12.6. The van der Waals surface area contributed by atoms with Gasteiger partial charge < -0.3 is 9.88 Å². The summed E-state index contributed by atoms with van der Waals surface area (Å²) >= 11 is 5.27. The Labute approximate surface area is 154 Å². The number of rotatable bonds is 4. The Morgan fingerprint density at radius 2 is 2.04 bits per heavy atom. The van der Waals surface area contributed by atoms with E-state index in [1.54, 1.807) is 11.3 Å². The van der Waals surface area contributed by atoms with E-state index in [0.717, 1.165) is 36.6 Å². The average molecular weight is 406 g/mol. The van der Waals surface area contributed by atoms with Crippen LogP contribution in [0.3, 0.4) is 0 Å². The lowest BCUT2D eigenvalue weighted by molar-refractivity contribution is -0.122. The normalized spacial score (nSPS) is 12.5. The molecule has 0 bridgehead atoms. The molecule has 1 atom stereocenters. The minimum absolute atomic E-state index is 0.00399. The van der Waals surface area contributed by atoms with Crippen molar-refractivity contribution in [3.05, 3.63) is 50.0 Å². The molecule has 0 aliphatic carbocycles. The molecule has 3 rings (SSSR count). The van der Waals surface area contributed by atoms with Crippen LogP contribution in [0.25, 0.3) is 10.9 Å². The summed E-state index contributed by atoms with van der Waals surface area (Å²) in [6, 6.07) is 8.07. The molecule has 1 aromatic carbocycles. The van der Waals surface area contributed by atoms with Crippen LogP contribution in [-0.4, -0.2) is 15.5 Å². The third-order valence-electron chi connectivity index (χ3n) is 4.17. The highest BCUT2D eigenvalue weighted by atomic mass is 79.9. The Balaban J connectivity index is 1.81. The first-order valence-corrected chi connectivity index (χ1v) is 9.46. The molecular weight excluding hydrogens is 386 g/mol. The molecule has 0 aliphatic rings. The maximum Gasteiger partial charge on any atom is 0.240 e. The molecule has 0 saturated carbocycles. The first kappa shape index (κ1) is 17.2. The number of carbonyl (C=O) groups is 1. The Morgan fingerprint density at radius 1 is 1.33 bits per heavy atom. The van der Waals surface area contributed by atoms with Gasteiger partial charge in [0.15, 0.2) is 0 Å². The average Bonchev–Trinajstić information content (AvgIpc) is 3.00. The number of fused-ring (bicyclic) bond motifs is 1. The SMILES string of the molecule is Cc1nc(C)c([C@@H](C)NC(=O)Cn2c(C)c(Br)c3ccccc32)s1. The fraction of sp³-hybridized carbons (Fsp3) is 0.333. The number of carbonyl (C=O) groups excluding carboxylic acids is 1. The zero-order valence-electron chi connectivity index (χ0n) is 14.2. The maximum atomic E-state index is 12.6. The molecule has 0 spiro atoms. The lowest BCUT2D eigenvalue weighted by atomic mass is 10.2. The summed E-state index contributed by atoms with van der Waals surface area (Å²) in [5.41, 5.74) is 3.12. The molecule has 0 fully saturated rings. The molecule has 2 aromatic heterocycles. The summed E-state index contributed by atoms with van der Waals surface area (Å²) in [6.45, 7) is 8.32. The summed E-state index contributed by atoms with van der Waals surface area (Å²) < 4.78 is 3.10. The number of amides is 1. The van der Waals surface area contributed by atoms with Crippen molar-refractivity contribution >= 4 is 44.1 Å². The third-order valence-corrected chi connectivity index (χ3v) is 6.42. The van der Waals surface area contributed by atoms with Crippen molar-refractivity contribution < 1.29 is 4.79 Å². The first-order chi connectivity index (χ1) is 11.4. The summed E-state index contributed by atoms with van der Waals surface area (Å²) in [6.07, 6.45) is 0. The second-order valence-corrected chi connectivity index (χ2v) is 8.00. The van der Waals surface area contributed by atoms with Crippen molar-refractivity contribution in [1.29, 1.82) is 0 Å². The summed E-state index contributed by atoms with van der Waals surface area (Å²) in [5, 5.41) is 5.25. The van der Waals surface area contributed by atoms with Crippen LogP contribution in [0, 0.1) is 20.8 Å². The molecule has 24 heavy (non-hydrogen) atoms. The smallest absolute Gasteiger partial charge is 0.240 e. The highest BCUT2D eigenvalue weighted by molar-refractivity contribution is 9.10. The van der Waals surface area contributed by atoms with Gasteiger partial charge in [-0.05, 0) is 49.7 Å².